The zero-order chi connectivity index (χ0) is 17.2. The Morgan fingerprint density at radius 1 is 1.40 bits per heavy atom. The summed E-state index contributed by atoms with van der Waals surface area (Å²) in [4.78, 5) is 19.8. The smallest absolute Gasteiger partial charge is 0.230 e. The molecule has 7 nitrogen and oxygen atoms in total. The van der Waals surface area contributed by atoms with Gasteiger partial charge in [0.25, 0.3) is 0 Å². The average Bonchev–Trinajstić information content (AvgIpc) is 3.30. The highest BCUT2D eigenvalue weighted by atomic mass is 16.5. The number of aryl methyl sites for hydroxylation is 1. The Morgan fingerprint density at radius 2 is 2.24 bits per heavy atom. The molecular formula is C18H24N4O3. The first-order chi connectivity index (χ1) is 12.2. The van der Waals surface area contributed by atoms with Gasteiger partial charge in [0, 0.05) is 39.4 Å². The van der Waals surface area contributed by atoms with E-state index in [9.17, 15) is 4.79 Å². The first kappa shape index (κ1) is 16.4. The lowest BCUT2D eigenvalue weighted by Gasteiger charge is -2.39. The second-order valence-corrected chi connectivity index (χ2v) is 6.81. The maximum atomic E-state index is 12.9. The monoisotopic (exact) mass is 344 g/mol. The van der Waals surface area contributed by atoms with E-state index in [1.165, 1.54) is 0 Å². The van der Waals surface area contributed by atoms with Crippen LogP contribution in [0.4, 0.5) is 0 Å². The van der Waals surface area contributed by atoms with E-state index in [2.05, 4.69) is 15.2 Å². The number of furan rings is 1. The van der Waals surface area contributed by atoms with Gasteiger partial charge in [-0.3, -0.25) is 9.69 Å². The lowest BCUT2D eigenvalue weighted by Crippen LogP contribution is -2.47. The predicted molar refractivity (Wildman–Crippen MR) is 90.8 cm³/mol. The Balaban J connectivity index is 1.51. The van der Waals surface area contributed by atoms with Gasteiger partial charge in [-0.25, -0.2) is 4.98 Å². The number of hydrogen-bond donors (Lipinski definition) is 1. The molecule has 0 unspecified atom stereocenters. The van der Waals surface area contributed by atoms with Gasteiger partial charge >= 0.3 is 0 Å². The van der Waals surface area contributed by atoms with E-state index >= 15 is 0 Å². The van der Waals surface area contributed by atoms with Gasteiger partial charge in [0.2, 0.25) is 5.91 Å². The van der Waals surface area contributed by atoms with E-state index in [4.69, 9.17) is 9.15 Å². The molecule has 7 heteroatoms. The van der Waals surface area contributed by atoms with Crippen molar-refractivity contribution in [3.63, 3.8) is 0 Å². The van der Waals surface area contributed by atoms with Gasteiger partial charge in [-0.05, 0) is 25.0 Å². The lowest BCUT2D eigenvalue weighted by molar-refractivity contribution is -0.124. The van der Waals surface area contributed by atoms with Crippen LogP contribution in [0.3, 0.4) is 0 Å². The SMILES string of the molecule is Cn1cnc2c1[C@@H](C(=O)NCc1ccco1)CN(C1CCOCC1)C2. The molecule has 4 heterocycles. The summed E-state index contributed by atoms with van der Waals surface area (Å²) in [6.45, 7) is 3.54. The first-order valence-electron chi connectivity index (χ1n) is 8.84. The zero-order valence-corrected chi connectivity index (χ0v) is 14.5. The Morgan fingerprint density at radius 3 is 3.00 bits per heavy atom. The van der Waals surface area contributed by atoms with Gasteiger partial charge in [-0.2, -0.15) is 0 Å². The molecule has 2 aliphatic heterocycles. The van der Waals surface area contributed by atoms with Crippen molar-refractivity contribution < 1.29 is 13.9 Å². The molecule has 2 aliphatic rings. The summed E-state index contributed by atoms with van der Waals surface area (Å²) in [7, 11) is 1.96. The van der Waals surface area contributed by atoms with Crippen molar-refractivity contribution in [1.82, 2.24) is 19.8 Å². The molecule has 1 N–H and O–H groups in total. The number of rotatable bonds is 4. The molecule has 0 spiro atoms. The molecule has 1 fully saturated rings. The van der Waals surface area contributed by atoms with Gasteiger partial charge in [-0.1, -0.05) is 0 Å². The van der Waals surface area contributed by atoms with Crippen LogP contribution in [0, 0.1) is 0 Å². The number of nitrogens with one attached hydrogen (secondary N) is 1. The van der Waals surface area contributed by atoms with Crippen molar-refractivity contribution in [2.24, 2.45) is 7.05 Å². The fourth-order valence-corrected chi connectivity index (χ4v) is 3.88. The number of hydrogen-bond acceptors (Lipinski definition) is 5. The molecule has 0 aliphatic carbocycles. The van der Waals surface area contributed by atoms with Crippen LogP contribution in [0.2, 0.25) is 0 Å². The summed E-state index contributed by atoms with van der Waals surface area (Å²) >= 11 is 0. The third kappa shape index (κ3) is 3.34. The van der Waals surface area contributed by atoms with Crippen LogP contribution >= 0.6 is 0 Å². The minimum Gasteiger partial charge on any atom is -0.467 e. The topological polar surface area (TPSA) is 72.5 Å². The molecule has 1 saturated heterocycles. The molecule has 0 bridgehead atoms. The summed E-state index contributed by atoms with van der Waals surface area (Å²) in [5, 5.41) is 3.01. The maximum absolute atomic E-state index is 12.9. The Bertz CT molecular complexity index is 719. The molecule has 0 radical (unpaired) electrons. The molecule has 1 atom stereocenters. The van der Waals surface area contributed by atoms with Crippen molar-refractivity contribution >= 4 is 5.91 Å². The summed E-state index contributed by atoms with van der Waals surface area (Å²) < 4.78 is 12.8. The maximum Gasteiger partial charge on any atom is 0.230 e. The third-order valence-electron chi connectivity index (χ3n) is 5.20. The molecule has 25 heavy (non-hydrogen) atoms. The van der Waals surface area contributed by atoms with Gasteiger partial charge in [0.15, 0.2) is 0 Å². The van der Waals surface area contributed by atoms with Gasteiger partial charge in [0.1, 0.15) is 5.76 Å². The largest absolute Gasteiger partial charge is 0.467 e. The Labute approximate surface area is 147 Å². The molecule has 2 aromatic heterocycles. The number of imidazole rings is 1. The van der Waals surface area contributed by atoms with Crippen molar-refractivity contribution in [1.29, 1.82) is 0 Å². The van der Waals surface area contributed by atoms with Crippen LogP contribution in [-0.2, 0) is 29.7 Å². The standard InChI is InChI=1S/C18H24N4O3/c1-21-12-20-16-11-22(13-4-7-24-8-5-13)10-15(17(16)21)18(23)19-9-14-3-2-6-25-14/h2-3,6,12-13,15H,4-5,7-11H2,1H3,(H,19,23)/t15-/m0/s1. The summed E-state index contributed by atoms with van der Waals surface area (Å²) in [5.41, 5.74) is 2.04. The average molecular weight is 344 g/mol. The molecule has 4 rings (SSSR count). The summed E-state index contributed by atoms with van der Waals surface area (Å²) in [6, 6.07) is 4.16. The van der Waals surface area contributed by atoms with Crippen LogP contribution in [0.5, 0.6) is 0 Å². The first-order valence-corrected chi connectivity index (χ1v) is 8.84. The minimum atomic E-state index is -0.214. The Hall–Kier alpha value is -2.12. The number of amides is 1. The van der Waals surface area contributed by atoms with E-state index in [0.717, 1.165) is 56.3 Å². The highest BCUT2D eigenvalue weighted by Crippen LogP contribution is 2.30. The molecule has 134 valence electrons. The number of ether oxygens (including phenoxy) is 1. The van der Waals surface area contributed by atoms with Crippen molar-refractivity contribution in [3.8, 4) is 0 Å². The number of aromatic nitrogens is 2. The van der Waals surface area contributed by atoms with Crippen LogP contribution in [0.15, 0.2) is 29.1 Å². The van der Waals surface area contributed by atoms with E-state index in [-0.39, 0.29) is 11.8 Å². The highest BCUT2D eigenvalue weighted by molar-refractivity contribution is 5.84. The van der Waals surface area contributed by atoms with E-state index in [1.807, 2.05) is 30.1 Å². The quantitative estimate of drug-likeness (QED) is 0.908. The van der Waals surface area contributed by atoms with Crippen molar-refractivity contribution in [3.05, 3.63) is 41.9 Å². The van der Waals surface area contributed by atoms with Gasteiger partial charge in [-0.15, -0.1) is 0 Å². The predicted octanol–water partition coefficient (Wildman–Crippen LogP) is 1.41. The van der Waals surface area contributed by atoms with Crippen LogP contribution in [0.1, 0.15) is 35.9 Å². The van der Waals surface area contributed by atoms with Crippen LogP contribution in [-0.4, -0.2) is 46.2 Å². The van der Waals surface area contributed by atoms with Crippen LogP contribution < -0.4 is 5.32 Å². The fourth-order valence-electron chi connectivity index (χ4n) is 3.88. The molecule has 1 amide bonds. The fraction of sp³-hybridized carbons (Fsp3) is 0.556. The number of nitrogens with zero attached hydrogens (tertiary/aromatic N) is 3. The number of fused-ring (bicyclic) bond motifs is 1. The van der Waals surface area contributed by atoms with Crippen LogP contribution in [0.25, 0.3) is 0 Å². The zero-order valence-electron chi connectivity index (χ0n) is 14.5. The third-order valence-corrected chi connectivity index (χ3v) is 5.20. The molecular weight excluding hydrogens is 320 g/mol. The second kappa shape index (κ2) is 7.01. The normalized spacial score (nSPS) is 21.9. The highest BCUT2D eigenvalue weighted by Gasteiger charge is 2.36. The Kier molecular flexibility index (Phi) is 4.59. The van der Waals surface area contributed by atoms with Crippen molar-refractivity contribution in [2.45, 2.75) is 37.9 Å². The molecule has 0 aromatic carbocycles. The van der Waals surface area contributed by atoms with Gasteiger partial charge < -0.3 is 19.0 Å². The molecule has 2 aromatic rings. The van der Waals surface area contributed by atoms with Gasteiger partial charge in [0.05, 0.1) is 36.4 Å². The summed E-state index contributed by atoms with van der Waals surface area (Å²) in [6.07, 6.45) is 5.46. The lowest BCUT2D eigenvalue weighted by atomic mass is 9.94. The number of carbonyl (C=O) groups is 1. The van der Waals surface area contributed by atoms with E-state index in [0.29, 0.717) is 12.6 Å². The molecule has 0 saturated carbocycles. The van der Waals surface area contributed by atoms with E-state index in [1.54, 1.807) is 6.26 Å². The second-order valence-electron chi connectivity index (χ2n) is 6.81. The number of carbonyl (C=O) groups excluding carboxylic acids is 1. The van der Waals surface area contributed by atoms with E-state index < -0.39 is 0 Å². The minimum absolute atomic E-state index is 0.0259. The van der Waals surface area contributed by atoms with Crippen molar-refractivity contribution in [2.75, 3.05) is 19.8 Å². The summed E-state index contributed by atoms with van der Waals surface area (Å²) in [5.74, 6) is 0.572.